The number of nitrogens with zero attached hydrogens (tertiary/aromatic N) is 1. The molecule has 0 aromatic carbocycles. The van der Waals surface area contributed by atoms with Crippen LogP contribution in [0.1, 0.15) is 71.6 Å². The van der Waals surface area contributed by atoms with Gasteiger partial charge >= 0.3 is 0 Å². The van der Waals surface area contributed by atoms with E-state index < -0.39 is 0 Å². The number of piperidine rings is 1. The molecule has 1 amide bonds. The average Bonchev–Trinajstić information content (AvgIpc) is 2.74. The molecule has 2 aliphatic heterocycles. The molecule has 2 aliphatic rings. The van der Waals surface area contributed by atoms with Crippen LogP contribution in [0.5, 0.6) is 0 Å². The third kappa shape index (κ3) is 4.21. The SMILES string of the molecule is CCCC1CCCN(C(=O)C2(CCC)CCCNC2)CC1. The minimum absolute atomic E-state index is 0.0996. The largest absolute Gasteiger partial charge is 0.342 e. The Labute approximate surface area is 130 Å². The van der Waals surface area contributed by atoms with E-state index in [1.54, 1.807) is 0 Å². The van der Waals surface area contributed by atoms with E-state index in [1.807, 2.05) is 0 Å². The zero-order valence-electron chi connectivity index (χ0n) is 14.1. The first-order valence-corrected chi connectivity index (χ1v) is 9.22. The third-order valence-electron chi connectivity index (χ3n) is 5.49. The normalized spacial score (nSPS) is 31.0. The molecule has 0 aromatic heterocycles. The molecule has 0 bridgehead atoms. The Morgan fingerprint density at radius 2 is 2.05 bits per heavy atom. The lowest BCUT2D eigenvalue weighted by atomic mass is 9.75. The molecule has 1 N–H and O–H groups in total. The van der Waals surface area contributed by atoms with E-state index in [9.17, 15) is 4.79 Å². The second-order valence-electron chi connectivity index (χ2n) is 7.19. The van der Waals surface area contributed by atoms with Gasteiger partial charge in [-0.05, 0) is 51.0 Å². The molecule has 2 atom stereocenters. The van der Waals surface area contributed by atoms with Gasteiger partial charge in [-0.25, -0.2) is 0 Å². The maximum Gasteiger partial charge on any atom is 0.230 e. The van der Waals surface area contributed by atoms with Gasteiger partial charge in [-0.1, -0.05) is 33.1 Å². The van der Waals surface area contributed by atoms with Gasteiger partial charge in [-0.15, -0.1) is 0 Å². The number of likely N-dealkylation sites (tertiary alicyclic amines) is 1. The van der Waals surface area contributed by atoms with Crippen LogP contribution < -0.4 is 5.32 Å². The van der Waals surface area contributed by atoms with Gasteiger partial charge in [0.1, 0.15) is 0 Å². The molecule has 0 aliphatic carbocycles. The van der Waals surface area contributed by atoms with Crippen molar-refractivity contribution in [3.05, 3.63) is 0 Å². The van der Waals surface area contributed by atoms with Gasteiger partial charge in [0.05, 0.1) is 5.41 Å². The van der Waals surface area contributed by atoms with Crippen molar-refractivity contribution in [3.63, 3.8) is 0 Å². The summed E-state index contributed by atoms with van der Waals surface area (Å²) >= 11 is 0. The van der Waals surface area contributed by atoms with E-state index in [0.717, 1.165) is 57.8 Å². The van der Waals surface area contributed by atoms with Gasteiger partial charge in [0, 0.05) is 19.6 Å². The van der Waals surface area contributed by atoms with Crippen molar-refractivity contribution in [2.45, 2.75) is 71.6 Å². The van der Waals surface area contributed by atoms with Gasteiger partial charge in [0.15, 0.2) is 0 Å². The molecule has 3 heteroatoms. The highest BCUT2D eigenvalue weighted by Gasteiger charge is 2.41. The first-order valence-electron chi connectivity index (χ1n) is 9.22. The molecule has 2 fully saturated rings. The maximum atomic E-state index is 13.2. The zero-order valence-corrected chi connectivity index (χ0v) is 14.1. The van der Waals surface area contributed by atoms with Crippen LogP contribution in [-0.4, -0.2) is 37.0 Å². The molecule has 21 heavy (non-hydrogen) atoms. The average molecular weight is 294 g/mol. The van der Waals surface area contributed by atoms with E-state index in [-0.39, 0.29) is 5.41 Å². The molecular weight excluding hydrogens is 260 g/mol. The summed E-state index contributed by atoms with van der Waals surface area (Å²) in [6.07, 6.45) is 10.7. The van der Waals surface area contributed by atoms with E-state index in [4.69, 9.17) is 0 Å². The van der Waals surface area contributed by atoms with Gasteiger partial charge < -0.3 is 10.2 Å². The second kappa shape index (κ2) is 8.17. The van der Waals surface area contributed by atoms with Crippen LogP contribution in [0.15, 0.2) is 0 Å². The van der Waals surface area contributed by atoms with Crippen LogP contribution in [0.25, 0.3) is 0 Å². The summed E-state index contributed by atoms with van der Waals surface area (Å²) in [5, 5.41) is 3.48. The molecule has 2 rings (SSSR count). The first-order chi connectivity index (χ1) is 10.2. The van der Waals surface area contributed by atoms with Crippen LogP contribution in [0.3, 0.4) is 0 Å². The van der Waals surface area contributed by atoms with E-state index in [2.05, 4.69) is 24.1 Å². The summed E-state index contributed by atoms with van der Waals surface area (Å²) in [5.41, 5.74) is -0.0996. The fraction of sp³-hybridized carbons (Fsp3) is 0.944. The lowest BCUT2D eigenvalue weighted by Gasteiger charge is -2.40. The number of rotatable bonds is 5. The summed E-state index contributed by atoms with van der Waals surface area (Å²) in [4.78, 5) is 15.4. The number of carbonyl (C=O) groups is 1. The molecule has 2 heterocycles. The highest BCUT2D eigenvalue weighted by Crippen LogP contribution is 2.35. The number of hydrogen-bond acceptors (Lipinski definition) is 2. The molecule has 0 radical (unpaired) electrons. The van der Waals surface area contributed by atoms with Crippen molar-refractivity contribution in [3.8, 4) is 0 Å². The molecule has 122 valence electrons. The summed E-state index contributed by atoms with van der Waals surface area (Å²) in [6, 6.07) is 0. The zero-order chi connectivity index (χ0) is 15.1. The molecular formula is C18H34N2O. The van der Waals surface area contributed by atoms with E-state index in [0.29, 0.717) is 5.91 Å². The Bertz CT molecular complexity index is 318. The summed E-state index contributed by atoms with van der Waals surface area (Å²) in [7, 11) is 0. The second-order valence-corrected chi connectivity index (χ2v) is 7.19. The quantitative estimate of drug-likeness (QED) is 0.840. The molecule has 0 saturated carbocycles. The standard InChI is InChI=1S/C18H34N2O/c1-3-7-16-8-5-13-20(14-9-16)17(21)18(10-4-2)11-6-12-19-15-18/h16,19H,3-15H2,1-2H3. The van der Waals surface area contributed by atoms with E-state index in [1.165, 1.54) is 32.1 Å². The topological polar surface area (TPSA) is 32.3 Å². The smallest absolute Gasteiger partial charge is 0.230 e. The first kappa shape index (κ1) is 16.8. The van der Waals surface area contributed by atoms with Crippen molar-refractivity contribution >= 4 is 5.91 Å². The van der Waals surface area contributed by atoms with Crippen molar-refractivity contribution in [2.75, 3.05) is 26.2 Å². The highest BCUT2D eigenvalue weighted by atomic mass is 16.2. The molecule has 0 spiro atoms. The van der Waals surface area contributed by atoms with Crippen molar-refractivity contribution in [2.24, 2.45) is 11.3 Å². The Morgan fingerprint density at radius 3 is 2.71 bits per heavy atom. The molecule has 0 aromatic rings. The number of nitrogens with one attached hydrogen (secondary N) is 1. The van der Waals surface area contributed by atoms with Gasteiger partial charge in [-0.2, -0.15) is 0 Å². The van der Waals surface area contributed by atoms with E-state index >= 15 is 0 Å². The fourth-order valence-electron chi connectivity index (χ4n) is 4.35. The minimum Gasteiger partial charge on any atom is -0.342 e. The maximum absolute atomic E-state index is 13.2. The predicted octanol–water partition coefficient (Wildman–Crippen LogP) is 3.59. The summed E-state index contributed by atoms with van der Waals surface area (Å²) in [5.74, 6) is 1.30. The minimum atomic E-state index is -0.0996. The number of amides is 1. The van der Waals surface area contributed by atoms with Crippen LogP contribution in [0, 0.1) is 11.3 Å². The summed E-state index contributed by atoms with van der Waals surface area (Å²) < 4.78 is 0. The third-order valence-corrected chi connectivity index (χ3v) is 5.49. The van der Waals surface area contributed by atoms with Crippen molar-refractivity contribution in [1.29, 1.82) is 0 Å². The van der Waals surface area contributed by atoms with Crippen LogP contribution in [0.4, 0.5) is 0 Å². The lowest BCUT2D eigenvalue weighted by molar-refractivity contribution is -0.143. The van der Waals surface area contributed by atoms with Crippen LogP contribution >= 0.6 is 0 Å². The monoisotopic (exact) mass is 294 g/mol. The molecule has 2 saturated heterocycles. The Balaban J connectivity index is 1.99. The Hall–Kier alpha value is -0.570. The molecule has 3 nitrogen and oxygen atoms in total. The lowest BCUT2D eigenvalue weighted by Crippen LogP contribution is -2.52. The van der Waals surface area contributed by atoms with Gasteiger partial charge in [-0.3, -0.25) is 4.79 Å². The van der Waals surface area contributed by atoms with Gasteiger partial charge in [0.2, 0.25) is 5.91 Å². The van der Waals surface area contributed by atoms with Crippen molar-refractivity contribution < 1.29 is 4.79 Å². The van der Waals surface area contributed by atoms with Crippen LogP contribution in [0.2, 0.25) is 0 Å². The summed E-state index contributed by atoms with van der Waals surface area (Å²) in [6.45, 7) is 8.45. The molecule has 2 unspecified atom stereocenters. The van der Waals surface area contributed by atoms with Gasteiger partial charge in [0.25, 0.3) is 0 Å². The number of hydrogen-bond donors (Lipinski definition) is 1. The predicted molar refractivity (Wildman–Crippen MR) is 88.3 cm³/mol. The van der Waals surface area contributed by atoms with Crippen molar-refractivity contribution in [1.82, 2.24) is 10.2 Å². The number of carbonyl (C=O) groups excluding carboxylic acids is 1. The fourth-order valence-corrected chi connectivity index (χ4v) is 4.35. The Kier molecular flexibility index (Phi) is 6.53. The highest BCUT2D eigenvalue weighted by molar-refractivity contribution is 5.83. The Morgan fingerprint density at radius 1 is 1.19 bits per heavy atom. The van der Waals surface area contributed by atoms with Crippen LogP contribution in [-0.2, 0) is 4.79 Å².